The summed E-state index contributed by atoms with van der Waals surface area (Å²) in [6.45, 7) is 0. The van der Waals surface area contributed by atoms with E-state index in [0.29, 0.717) is 12.1 Å². The summed E-state index contributed by atoms with van der Waals surface area (Å²) >= 11 is 0. The van der Waals surface area contributed by atoms with E-state index in [1.54, 1.807) is 0 Å². The van der Waals surface area contributed by atoms with Gasteiger partial charge < -0.3 is 10.3 Å². The summed E-state index contributed by atoms with van der Waals surface area (Å²) in [6.07, 6.45) is 10.6. The average Bonchev–Trinajstić information content (AvgIpc) is 2.56. The highest BCUT2D eigenvalue weighted by Crippen LogP contribution is 2.26. The van der Waals surface area contributed by atoms with Crippen molar-refractivity contribution in [2.24, 2.45) is 5.73 Å². The molecule has 0 unspecified atom stereocenters. The first kappa shape index (κ1) is 7.80. The summed E-state index contributed by atoms with van der Waals surface area (Å²) in [5.41, 5.74) is 5.90. The average molecular weight is 165 g/mol. The Morgan fingerprint density at radius 3 is 3.00 bits per heavy atom. The second kappa shape index (κ2) is 3.27. The van der Waals surface area contributed by atoms with E-state index in [1.807, 2.05) is 18.7 Å². The number of aromatic nitrogens is 2. The Balaban J connectivity index is 2.04. The zero-order valence-corrected chi connectivity index (χ0v) is 7.19. The maximum atomic E-state index is 5.90. The van der Waals surface area contributed by atoms with Crippen LogP contribution in [-0.2, 0) is 0 Å². The first-order chi connectivity index (χ1) is 5.86. The molecule has 3 heteroatoms. The summed E-state index contributed by atoms with van der Waals surface area (Å²) in [7, 11) is 0. The molecule has 1 aliphatic carbocycles. The highest BCUT2D eigenvalue weighted by atomic mass is 15.1. The molecule has 0 bridgehead atoms. The van der Waals surface area contributed by atoms with Crippen LogP contribution in [0.15, 0.2) is 18.7 Å². The van der Waals surface area contributed by atoms with E-state index in [-0.39, 0.29) is 0 Å². The molecule has 66 valence electrons. The molecule has 1 aromatic heterocycles. The molecular weight excluding hydrogens is 150 g/mol. The van der Waals surface area contributed by atoms with Crippen LogP contribution in [0.25, 0.3) is 0 Å². The molecule has 1 saturated carbocycles. The SMILES string of the molecule is N[C@@H]1CCC[C@H](n2ccnc2)C1. The Morgan fingerprint density at radius 2 is 2.33 bits per heavy atom. The molecular formula is C9H15N3. The molecule has 2 N–H and O–H groups in total. The van der Waals surface area contributed by atoms with Crippen molar-refractivity contribution >= 4 is 0 Å². The predicted molar refractivity (Wildman–Crippen MR) is 47.7 cm³/mol. The second-order valence-electron chi connectivity index (χ2n) is 3.59. The highest BCUT2D eigenvalue weighted by molar-refractivity contribution is 4.85. The molecule has 0 amide bonds. The molecule has 3 nitrogen and oxygen atoms in total. The quantitative estimate of drug-likeness (QED) is 0.682. The molecule has 1 heterocycles. The zero-order chi connectivity index (χ0) is 8.39. The minimum Gasteiger partial charge on any atom is -0.334 e. The van der Waals surface area contributed by atoms with Gasteiger partial charge in [-0.3, -0.25) is 0 Å². The van der Waals surface area contributed by atoms with E-state index in [2.05, 4.69) is 9.55 Å². The first-order valence-corrected chi connectivity index (χ1v) is 4.59. The van der Waals surface area contributed by atoms with Crippen molar-refractivity contribution in [1.82, 2.24) is 9.55 Å². The van der Waals surface area contributed by atoms with E-state index in [4.69, 9.17) is 5.73 Å². The van der Waals surface area contributed by atoms with Crippen LogP contribution in [0.3, 0.4) is 0 Å². The third-order valence-corrected chi connectivity index (χ3v) is 2.63. The number of nitrogens with zero attached hydrogens (tertiary/aromatic N) is 2. The van der Waals surface area contributed by atoms with Gasteiger partial charge in [-0.05, 0) is 25.7 Å². The van der Waals surface area contributed by atoms with Crippen LogP contribution in [0.2, 0.25) is 0 Å². The van der Waals surface area contributed by atoms with Crippen LogP contribution in [0.5, 0.6) is 0 Å². The number of imidazole rings is 1. The van der Waals surface area contributed by atoms with Crippen LogP contribution in [0.1, 0.15) is 31.7 Å². The molecule has 2 rings (SSSR count). The molecule has 0 saturated heterocycles. The fraction of sp³-hybridized carbons (Fsp3) is 0.667. The van der Waals surface area contributed by atoms with Gasteiger partial charge in [-0.2, -0.15) is 0 Å². The summed E-state index contributed by atoms with van der Waals surface area (Å²) in [4.78, 5) is 4.04. The van der Waals surface area contributed by atoms with Crippen LogP contribution < -0.4 is 5.73 Å². The van der Waals surface area contributed by atoms with Gasteiger partial charge in [0.2, 0.25) is 0 Å². The summed E-state index contributed by atoms with van der Waals surface area (Å²) in [5.74, 6) is 0. The van der Waals surface area contributed by atoms with Crippen LogP contribution in [0, 0.1) is 0 Å². The fourth-order valence-corrected chi connectivity index (χ4v) is 1.96. The second-order valence-corrected chi connectivity index (χ2v) is 3.59. The minimum absolute atomic E-state index is 0.395. The lowest BCUT2D eigenvalue weighted by Gasteiger charge is -2.27. The van der Waals surface area contributed by atoms with Crippen molar-refractivity contribution < 1.29 is 0 Å². The molecule has 1 aliphatic rings. The van der Waals surface area contributed by atoms with Crippen molar-refractivity contribution in [3.8, 4) is 0 Å². The van der Waals surface area contributed by atoms with Gasteiger partial charge in [0, 0.05) is 24.5 Å². The largest absolute Gasteiger partial charge is 0.334 e. The van der Waals surface area contributed by atoms with Crippen molar-refractivity contribution in [2.45, 2.75) is 37.8 Å². The lowest BCUT2D eigenvalue weighted by molar-refractivity contribution is 0.319. The molecule has 0 aliphatic heterocycles. The maximum Gasteiger partial charge on any atom is 0.0948 e. The molecule has 0 spiro atoms. The van der Waals surface area contributed by atoms with Crippen LogP contribution in [0.4, 0.5) is 0 Å². The van der Waals surface area contributed by atoms with Gasteiger partial charge >= 0.3 is 0 Å². The Labute approximate surface area is 72.6 Å². The van der Waals surface area contributed by atoms with Gasteiger partial charge in [0.25, 0.3) is 0 Å². The van der Waals surface area contributed by atoms with Crippen LogP contribution >= 0.6 is 0 Å². The summed E-state index contributed by atoms with van der Waals surface area (Å²) in [5, 5.41) is 0. The van der Waals surface area contributed by atoms with E-state index < -0.39 is 0 Å². The van der Waals surface area contributed by atoms with Crippen LogP contribution in [-0.4, -0.2) is 15.6 Å². The fourth-order valence-electron chi connectivity index (χ4n) is 1.96. The highest BCUT2D eigenvalue weighted by Gasteiger charge is 2.19. The number of nitrogens with two attached hydrogens (primary N) is 1. The minimum atomic E-state index is 0.395. The topological polar surface area (TPSA) is 43.8 Å². The Bertz CT molecular complexity index is 230. The molecule has 0 radical (unpaired) electrons. The monoisotopic (exact) mass is 165 g/mol. The van der Waals surface area contributed by atoms with Crippen molar-refractivity contribution in [1.29, 1.82) is 0 Å². The summed E-state index contributed by atoms with van der Waals surface area (Å²) in [6, 6.07) is 0.988. The number of hydrogen-bond acceptors (Lipinski definition) is 2. The Kier molecular flexibility index (Phi) is 2.13. The smallest absolute Gasteiger partial charge is 0.0948 e. The third-order valence-electron chi connectivity index (χ3n) is 2.63. The van der Waals surface area contributed by atoms with Gasteiger partial charge in [0.15, 0.2) is 0 Å². The molecule has 2 atom stereocenters. The molecule has 12 heavy (non-hydrogen) atoms. The van der Waals surface area contributed by atoms with Crippen molar-refractivity contribution in [3.63, 3.8) is 0 Å². The normalized spacial score (nSPS) is 30.4. The Hall–Kier alpha value is -0.830. The van der Waals surface area contributed by atoms with Crippen molar-refractivity contribution in [3.05, 3.63) is 18.7 Å². The van der Waals surface area contributed by atoms with Gasteiger partial charge in [0.1, 0.15) is 0 Å². The molecule has 0 aromatic carbocycles. The first-order valence-electron chi connectivity index (χ1n) is 4.59. The summed E-state index contributed by atoms with van der Waals surface area (Å²) < 4.78 is 2.18. The Morgan fingerprint density at radius 1 is 1.42 bits per heavy atom. The number of rotatable bonds is 1. The zero-order valence-electron chi connectivity index (χ0n) is 7.19. The number of hydrogen-bond donors (Lipinski definition) is 1. The maximum absolute atomic E-state index is 5.90. The third kappa shape index (κ3) is 1.50. The molecule has 1 fully saturated rings. The van der Waals surface area contributed by atoms with E-state index in [9.17, 15) is 0 Å². The predicted octanol–water partition coefficient (Wildman–Crippen LogP) is 1.33. The van der Waals surface area contributed by atoms with Gasteiger partial charge in [0.05, 0.1) is 6.33 Å². The van der Waals surface area contributed by atoms with Gasteiger partial charge in [-0.25, -0.2) is 4.98 Å². The van der Waals surface area contributed by atoms with Crippen molar-refractivity contribution in [2.75, 3.05) is 0 Å². The standard InChI is InChI=1S/C9H15N3/c10-8-2-1-3-9(6-8)12-5-4-11-7-12/h4-5,7-9H,1-3,6,10H2/t8-,9+/m1/s1. The lowest BCUT2D eigenvalue weighted by atomic mass is 9.91. The van der Waals surface area contributed by atoms with Gasteiger partial charge in [-0.1, -0.05) is 0 Å². The molecule has 1 aromatic rings. The van der Waals surface area contributed by atoms with E-state index in [0.717, 1.165) is 6.42 Å². The van der Waals surface area contributed by atoms with E-state index in [1.165, 1.54) is 19.3 Å². The lowest BCUT2D eigenvalue weighted by Crippen LogP contribution is -2.28. The van der Waals surface area contributed by atoms with Gasteiger partial charge in [-0.15, -0.1) is 0 Å². The van der Waals surface area contributed by atoms with E-state index >= 15 is 0 Å².